The molecule has 0 saturated carbocycles. The Hall–Kier alpha value is -1.40. The summed E-state index contributed by atoms with van der Waals surface area (Å²) in [5.41, 5.74) is 0.491. The molecule has 0 aromatic carbocycles. The van der Waals surface area contributed by atoms with Crippen LogP contribution in [-0.4, -0.2) is 17.4 Å². The summed E-state index contributed by atoms with van der Waals surface area (Å²) in [6, 6.07) is 3.39. The monoisotopic (exact) mass is 197 g/mol. The van der Waals surface area contributed by atoms with E-state index in [-0.39, 0.29) is 0 Å². The number of pyridine rings is 1. The van der Waals surface area contributed by atoms with Crippen LogP contribution in [0.4, 0.5) is 0 Å². The van der Waals surface area contributed by atoms with E-state index in [9.17, 15) is 8.42 Å². The minimum absolute atomic E-state index is 0.491. The minimum Gasteiger partial charge on any atom is -0.262 e. The van der Waals surface area contributed by atoms with Gasteiger partial charge >= 0.3 is 10.2 Å². The Morgan fingerprint density at radius 3 is 2.85 bits per heavy atom. The number of rotatable bonds is 1. The molecule has 0 aliphatic heterocycles. The highest BCUT2D eigenvalue weighted by Gasteiger charge is 2.08. The Kier molecular flexibility index (Phi) is 1.61. The fraction of sp³-hybridized carbons (Fsp3) is 0. The molecule has 2 heterocycles. The van der Waals surface area contributed by atoms with Crippen LogP contribution in [0.2, 0.25) is 0 Å². The fourth-order valence-electron chi connectivity index (χ4n) is 1.17. The van der Waals surface area contributed by atoms with Crippen LogP contribution in [-0.2, 0) is 10.2 Å². The molecule has 68 valence electrons. The lowest BCUT2D eigenvalue weighted by molar-refractivity contribution is 0.591. The Bertz CT molecular complexity index is 544. The second kappa shape index (κ2) is 2.54. The van der Waals surface area contributed by atoms with Gasteiger partial charge in [0.15, 0.2) is 0 Å². The van der Waals surface area contributed by atoms with Crippen molar-refractivity contribution in [2.45, 2.75) is 0 Å². The van der Waals surface area contributed by atoms with Gasteiger partial charge in [-0.25, -0.2) is 9.11 Å². The van der Waals surface area contributed by atoms with Gasteiger partial charge in [0, 0.05) is 17.8 Å². The SMILES string of the molecule is NS(=O)(=O)n1ccc2ccncc21. The summed E-state index contributed by atoms with van der Waals surface area (Å²) < 4.78 is 23.0. The van der Waals surface area contributed by atoms with Gasteiger partial charge in [-0.3, -0.25) is 4.98 Å². The smallest absolute Gasteiger partial charge is 0.262 e. The first-order valence-corrected chi connectivity index (χ1v) is 5.04. The van der Waals surface area contributed by atoms with Gasteiger partial charge in [0.05, 0.1) is 11.7 Å². The largest absolute Gasteiger partial charge is 0.302 e. The average Bonchev–Trinajstić information content (AvgIpc) is 2.45. The maximum atomic E-state index is 11.0. The summed E-state index contributed by atoms with van der Waals surface area (Å²) in [4.78, 5) is 3.82. The van der Waals surface area contributed by atoms with Gasteiger partial charge in [-0.2, -0.15) is 8.42 Å². The summed E-state index contributed by atoms with van der Waals surface area (Å²) >= 11 is 0. The zero-order valence-corrected chi connectivity index (χ0v) is 7.40. The van der Waals surface area contributed by atoms with Gasteiger partial charge < -0.3 is 0 Å². The summed E-state index contributed by atoms with van der Waals surface area (Å²) in [7, 11) is -3.71. The molecule has 0 spiro atoms. The van der Waals surface area contributed by atoms with E-state index < -0.39 is 10.2 Å². The van der Waals surface area contributed by atoms with Crippen LogP contribution in [0.3, 0.4) is 0 Å². The van der Waals surface area contributed by atoms with E-state index in [1.54, 1.807) is 18.3 Å². The van der Waals surface area contributed by atoms with Gasteiger partial charge in [0.2, 0.25) is 0 Å². The number of aromatic nitrogens is 2. The predicted molar refractivity (Wildman–Crippen MR) is 48.2 cm³/mol. The number of fused-ring (bicyclic) bond motifs is 1. The predicted octanol–water partition coefficient (Wildman–Crippen LogP) is 0.0879. The standard InChI is InChI=1S/C7H7N3O2S/c8-13(11,12)10-4-2-6-1-3-9-5-7(6)10/h1-5H,(H2,8,11,12). The third kappa shape index (κ3) is 1.30. The zero-order chi connectivity index (χ0) is 9.47. The van der Waals surface area contributed by atoms with Crippen molar-refractivity contribution in [3.05, 3.63) is 30.7 Å². The third-order valence-electron chi connectivity index (χ3n) is 1.73. The molecule has 2 N–H and O–H groups in total. The van der Waals surface area contributed by atoms with Crippen molar-refractivity contribution in [1.29, 1.82) is 0 Å². The van der Waals surface area contributed by atoms with Gasteiger partial charge in [-0.15, -0.1) is 0 Å². The molecule has 0 radical (unpaired) electrons. The summed E-state index contributed by atoms with van der Waals surface area (Å²) in [6.45, 7) is 0. The summed E-state index contributed by atoms with van der Waals surface area (Å²) in [5, 5.41) is 5.77. The van der Waals surface area contributed by atoms with Crippen LogP contribution in [0.15, 0.2) is 30.7 Å². The maximum Gasteiger partial charge on any atom is 0.302 e. The number of hydrogen-bond acceptors (Lipinski definition) is 3. The van der Waals surface area contributed by atoms with Crippen LogP contribution in [0.1, 0.15) is 0 Å². The maximum absolute atomic E-state index is 11.0. The molecule has 2 rings (SSSR count). The summed E-state index contributed by atoms with van der Waals surface area (Å²) in [6.07, 6.45) is 4.46. The Labute approximate surface area is 75.0 Å². The number of nitrogens with two attached hydrogens (primary N) is 1. The van der Waals surface area contributed by atoms with E-state index in [0.29, 0.717) is 5.52 Å². The van der Waals surface area contributed by atoms with Crippen LogP contribution in [0.25, 0.3) is 10.9 Å². The first-order chi connectivity index (χ1) is 6.09. The van der Waals surface area contributed by atoms with Crippen molar-refractivity contribution >= 4 is 21.1 Å². The quantitative estimate of drug-likeness (QED) is 0.703. The van der Waals surface area contributed by atoms with Gasteiger partial charge in [-0.05, 0) is 12.1 Å². The Balaban J connectivity index is 2.87. The van der Waals surface area contributed by atoms with Crippen molar-refractivity contribution < 1.29 is 8.42 Å². The van der Waals surface area contributed by atoms with Gasteiger partial charge in [0.1, 0.15) is 0 Å². The molecular weight excluding hydrogens is 190 g/mol. The Morgan fingerprint density at radius 1 is 1.38 bits per heavy atom. The van der Waals surface area contributed by atoms with Gasteiger partial charge in [0.25, 0.3) is 0 Å². The topological polar surface area (TPSA) is 78.0 Å². The first kappa shape index (κ1) is 8.21. The second-order valence-corrected chi connectivity index (χ2v) is 4.01. The van der Waals surface area contributed by atoms with Crippen molar-refractivity contribution in [1.82, 2.24) is 8.96 Å². The minimum atomic E-state index is -3.71. The lowest BCUT2D eigenvalue weighted by atomic mass is 10.3. The lowest BCUT2D eigenvalue weighted by Crippen LogP contribution is -2.20. The molecule has 5 nitrogen and oxygen atoms in total. The van der Waals surface area contributed by atoms with Crippen molar-refractivity contribution in [2.24, 2.45) is 5.14 Å². The molecule has 0 atom stereocenters. The van der Waals surface area contributed by atoms with E-state index in [2.05, 4.69) is 4.98 Å². The molecule has 2 aromatic rings. The van der Waals surface area contributed by atoms with Crippen LogP contribution in [0, 0.1) is 0 Å². The molecule has 6 heteroatoms. The van der Waals surface area contributed by atoms with Crippen molar-refractivity contribution in [3.8, 4) is 0 Å². The van der Waals surface area contributed by atoms with Crippen molar-refractivity contribution in [3.63, 3.8) is 0 Å². The number of nitrogens with zero attached hydrogens (tertiary/aromatic N) is 2. The molecule has 0 fully saturated rings. The van der Waals surface area contributed by atoms with E-state index >= 15 is 0 Å². The number of hydrogen-bond donors (Lipinski definition) is 1. The summed E-state index contributed by atoms with van der Waals surface area (Å²) in [5.74, 6) is 0. The fourth-order valence-corrected chi connectivity index (χ4v) is 1.83. The van der Waals surface area contributed by atoms with Crippen molar-refractivity contribution in [2.75, 3.05) is 0 Å². The molecular formula is C7H7N3O2S. The highest BCUT2D eigenvalue weighted by atomic mass is 32.2. The molecule has 0 bridgehead atoms. The second-order valence-electron chi connectivity index (χ2n) is 2.59. The van der Waals surface area contributed by atoms with E-state index in [1.807, 2.05) is 0 Å². The molecule has 13 heavy (non-hydrogen) atoms. The van der Waals surface area contributed by atoms with Gasteiger partial charge in [-0.1, -0.05) is 0 Å². The third-order valence-corrected chi connectivity index (χ3v) is 2.60. The average molecular weight is 197 g/mol. The molecule has 0 aliphatic rings. The normalized spacial score (nSPS) is 12.1. The van der Waals surface area contributed by atoms with E-state index in [0.717, 1.165) is 9.36 Å². The van der Waals surface area contributed by atoms with E-state index in [1.165, 1.54) is 12.4 Å². The first-order valence-electron chi connectivity index (χ1n) is 3.53. The highest BCUT2D eigenvalue weighted by Crippen LogP contribution is 2.14. The van der Waals surface area contributed by atoms with Crippen LogP contribution >= 0.6 is 0 Å². The molecule has 0 amide bonds. The molecule has 0 saturated heterocycles. The van der Waals surface area contributed by atoms with Crippen LogP contribution < -0.4 is 5.14 Å². The van der Waals surface area contributed by atoms with Crippen LogP contribution in [0.5, 0.6) is 0 Å². The Morgan fingerprint density at radius 2 is 2.15 bits per heavy atom. The van der Waals surface area contributed by atoms with E-state index in [4.69, 9.17) is 5.14 Å². The highest BCUT2D eigenvalue weighted by molar-refractivity contribution is 7.87. The lowest BCUT2D eigenvalue weighted by Gasteiger charge is -1.99. The molecule has 2 aromatic heterocycles. The zero-order valence-electron chi connectivity index (χ0n) is 6.58. The molecule has 0 unspecified atom stereocenters. The molecule has 0 aliphatic carbocycles.